The first-order valence-corrected chi connectivity index (χ1v) is 14.1. The van der Waals surface area contributed by atoms with E-state index in [0.29, 0.717) is 18.9 Å². The molecule has 0 unspecified atom stereocenters. The van der Waals surface area contributed by atoms with Crippen molar-refractivity contribution < 1.29 is 19.0 Å². The van der Waals surface area contributed by atoms with E-state index in [-0.39, 0.29) is 30.0 Å². The first kappa shape index (κ1) is 30.1. The van der Waals surface area contributed by atoms with Gasteiger partial charge in [-0.05, 0) is 87.4 Å². The molecule has 210 valence electrons. The maximum Gasteiger partial charge on any atom is 0.220 e. The standard InChI is InChI=1S/C34H45NO4/c1-23(2)32(27-14-18-29(19-15-27)39-25(5)6)22-34(36)35-21-20-30(31-10-8-9-11-33(31)37-7)26-12-16-28(17-13-26)38-24(3)4/h8-19,23-25,30,32H,20-22H2,1-7H3,(H,35,36)/t30-,32-/m1/s1. The smallest absolute Gasteiger partial charge is 0.220 e. The Hall–Kier alpha value is -3.47. The van der Waals surface area contributed by atoms with Crippen molar-refractivity contribution in [3.05, 3.63) is 89.5 Å². The lowest BCUT2D eigenvalue weighted by Crippen LogP contribution is -2.28. The Morgan fingerprint density at radius 1 is 0.744 bits per heavy atom. The monoisotopic (exact) mass is 531 g/mol. The average Bonchev–Trinajstić information content (AvgIpc) is 2.90. The van der Waals surface area contributed by atoms with Crippen molar-refractivity contribution in [2.75, 3.05) is 13.7 Å². The van der Waals surface area contributed by atoms with Crippen molar-refractivity contribution >= 4 is 5.91 Å². The molecule has 0 fully saturated rings. The minimum absolute atomic E-state index is 0.0654. The van der Waals surface area contributed by atoms with E-state index in [1.807, 2.05) is 70.2 Å². The number of carbonyl (C=O) groups is 1. The SMILES string of the molecule is COc1ccccc1[C@H](CCNC(=O)C[C@@H](c1ccc(OC(C)C)cc1)C(C)C)c1ccc(OC(C)C)cc1. The van der Waals surface area contributed by atoms with Crippen LogP contribution in [0.25, 0.3) is 0 Å². The lowest BCUT2D eigenvalue weighted by molar-refractivity contribution is -0.121. The number of hydrogen-bond acceptors (Lipinski definition) is 4. The molecule has 2 atom stereocenters. The molecule has 0 saturated heterocycles. The first-order valence-electron chi connectivity index (χ1n) is 14.1. The minimum atomic E-state index is 0.0654. The van der Waals surface area contributed by atoms with Crippen molar-refractivity contribution in [2.45, 2.75) is 78.4 Å². The van der Waals surface area contributed by atoms with Crippen molar-refractivity contribution in [3.63, 3.8) is 0 Å². The number of ether oxygens (including phenoxy) is 3. The molecule has 0 spiro atoms. The van der Waals surface area contributed by atoms with Crippen molar-refractivity contribution in [3.8, 4) is 17.2 Å². The third-order valence-corrected chi connectivity index (χ3v) is 6.81. The van der Waals surface area contributed by atoms with Gasteiger partial charge in [0.1, 0.15) is 17.2 Å². The number of rotatable bonds is 14. The molecule has 0 heterocycles. The Labute approximate surface area is 234 Å². The normalized spacial score (nSPS) is 12.9. The fraction of sp³-hybridized carbons (Fsp3) is 0.441. The van der Waals surface area contributed by atoms with Crippen LogP contribution in [0.15, 0.2) is 72.8 Å². The van der Waals surface area contributed by atoms with Crippen molar-refractivity contribution in [1.82, 2.24) is 5.32 Å². The first-order chi connectivity index (χ1) is 18.7. The summed E-state index contributed by atoms with van der Waals surface area (Å²) >= 11 is 0. The van der Waals surface area contributed by atoms with Crippen molar-refractivity contribution in [1.29, 1.82) is 0 Å². The van der Waals surface area contributed by atoms with E-state index in [2.05, 4.69) is 49.5 Å². The summed E-state index contributed by atoms with van der Waals surface area (Å²) in [5.41, 5.74) is 3.43. The van der Waals surface area contributed by atoms with Crippen LogP contribution in [0.1, 0.15) is 82.9 Å². The quantitative estimate of drug-likeness (QED) is 0.231. The van der Waals surface area contributed by atoms with Crippen LogP contribution in [0.5, 0.6) is 17.2 Å². The van der Waals surface area contributed by atoms with Gasteiger partial charge < -0.3 is 19.5 Å². The van der Waals surface area contributed by atoms with E-state index in [0.717, 1.165) is 40.4 Å². The van der Waals surface area contributed by atoms with Crippen LogP contribution in [-0.4, -0.2) is 31.8 Å². The Morgan fingerprint density at radius 2 is 1.28 bits per heavy atom. The van der Waals surface area contributed by atoms with Gasteiger partial charge >= 0.3 is 0 Å². The third-order valence-electron chi connectivity index (χ3n) is 6.81. The van der Waals surface area contributed by atoms with Crippen LogP contribution in [0.4, 0.5) is 0 Å². The largest absolute Gasteiger partial charge is 0.496 e. The van der Waals surface area contributed by atoms with E-state index >= 15 is 0 Å². The van der Waals surface area contributed by atoms with Gasteiger partial charge in [0.25, 0.3) is 0 Å². The molecule has 0 saturated carbocycles. The van der Waals surface area contributed by atoms with Gasteiger partial charge in [-0.1, -0.05) is 56.3 Å². The lowest BCUT2D eigenvalue weighted by Gasteiger charge is -2.23. The van der Waals surface area contributed by atoms with E-state index in [4.69, 9.17) is 14.2 Å². The molecule has 0 radical (unpaired) electrons. The number of carbonyl (C=O) groups excluding carboxylic acids is 1. The van der Waals surface area contributed by atoms with Crippen LogP contribution in [0, 0.1) is 5.92 Å². The number of benzene rings is 3. The number of nitrogens with one attached hydrogen (secondary N) is 1. The molecular weight excluding hydrogens is 486 g/mol. The molecule has 5 nitrogen and oxygen atoms in total. The zero-order valence-electron chi connectivity index (χ0n) is 24.6. The number of hydrogen-bond donors (Lipinski definition) is 1. The van der Waals surface area contributed by atoms with E-state index in [1.54, 1.807) is 7.11 Å². The minimum Gasteiger partial charge on any atom is -0.496 e. The highest BCUT2D eigenvalue weighted by Crippen LogP contribution is 2.35. The predicted molar refractivity (Wildman–Crippen MR) is 159 cm³/mol. The van der Waals surface area contributed by atoms with Gasteiger partial charge in [-0.3, -0.25) is 4.79 Å². The molecule has 3 rings (SSSR count). The van der Waals surface area contributed by atoms with Crippen LogP contribution in [0.3, 0.4) is 0 Å². The summed E-state index contributed by atoms with van der Waals surface area (Å²) in [5, 5.41) is 3.19. The summed E-state index contributed by atoms with van der Waals surface area (Å²) in [7, 11) is 1.70. The molecular formula is C34H45NO4. The molecule has 5 heteroatoms. The van der Waals surface area contributed by atoms with Crippen molar-refractivity contribution in [2.24, 2.45) is 5.92 Å². The summed E-state index contributed by atoms with van der Waals surface area (Å²) in [6.07, 6.45) is 1.46. The fourth-order valence-electron chi connectivity index (χ4n) is 4.94. The summed E-state index contributed by atoms with van der Waals surface area (Å²) in [6.45, 7) is 13.0. The molecule has 1 amide bonds. The summed E-state index contributed by atoms with van der Waals surface area (Å²) in [5.74, 6) is 3.16. The van der Waals surface area contributed by atoms with Gasteiger partial charge in [-0.25, -0.2) is 0 Å². The zero-order chi connectivity index (χ0) is 28.4. The van der Waals surface area contributed by atoms with Gasteiger partial charge in [0, 0.05) is 24.4 Å². The highest BCUT2D eigenvalue weighted by Gasteiger charge is 2.22. The topological polar surface area (TPSA) is 56.8 Å². The van der Waals surface area contributed by atoms with Gasteiger partial charge in [0.05, 0.1) is 19.3 Å². The second-order valence-electron chi connectivity index (χ2n) is 11.0. The summed E-state index contributed by atoms with van der Waals surface area (Å²) < 4.78 is 17.3. The average molecular weight is 532 g/mol. The van der Waals surface area contributed by atoms with Crippen LogP contribution in [0.2, 0.25) is 0 Å². The molecule has 3 aromatic carbocycles. The summed E-state index contributed by atoms with van der Waals surface area (Å²) in [6, 6.07) is 24.5. The Balaban J connectivity index is 1.69. The maximum atomic E-state index is 13.1. The third kappa shape index (κ3) is 9.05. The molecule has 0 aliphatic rings. The van der Waals surface area contributed by atoms with Crippen LogP contribution < -0.4 is 19.5 Å². The molecule has 0 aliphatic carbocycles. The van der Waals surface area contributed by atoms with Crippen LogP contribution in [-0.2, 0) is 4.79 Å². The highest BCUT2D eigenvalue weighted by molar-refractivity contribution is 5.77. The zero-order valence-corrected chi connectivity index (χ0v) is 24.6. The molecule has 0 aliphatic heterocycles. The Kier molecular flexibility index (Phi) is 11.3. The summed E-state index contributed by atoms with van der Waals surface area (Å²) in [4.78, 5) is 13.1. The molecule has 39 heavy (non-hydrogen) atoms. The Morgan fingerprint density at radius 3 is 1.79 bits per heavy atom. The van der Waals surface area contributed by atoms with Gasteiger partial charge in [0.15, 0.2) is 0 Å². The van der Waals surface area contributed by atoms with Gasteiger partial charge in [0.2, 0.25) is 5.91 Å². The second kappa shape index (κ2) is 14.6. The number of para-hydroxylation sites is 1. The van der Waals surface area contributed by atoms with E-state index in [1.165, 1.54) is 0 Å². The predicted octanol–water partition coefficient (Wildman–Crippen LogP) is 7.74. The molecule has 1 N–H and O–H groups in total. The van der Waals surface area contributed by atoms with E-state index in [9.17, 15) is 4.79 Å². The lowest BCUT2D eigenvalue weighted by atomic mass is 9.85. The fourth-order valence-corrected chi connectivity index (χ4v) is 4.94. The van der Waals surface area contributed by atoms with E-state index < -0.39 is 0 Å². The molecule has 0 aromatic heterocycles. The maximum absolute atomic E-state index is 13.1. The van der Waals surface area contributed by atoms with Crippen LogP contribution >= 0.6 is 0 Å². The van der Waals surface area contributed by atoms with Gasteiger partial charge in [-0.2, -0.15) is 0 Å². The van der Waals surface area contributed by atoms with Gasteiger partial charge in [-0.15, -0.1) is 0 Å². The second-order valence-corrected chi connectivity index (χ2v) is 11.0. The molecule has 0 bridgehead atoms. The number of methoxy groups -OCH3 is 1. The highest BCUT2D eigenvalue weighted by atomic mass is 16.5. The Bertz CT molecular complexity index is 1150. The molecule has 3 aromatic rings. The number of amides is 1.